The first-order valence-electron chi connectivity index (χ1n) is 7.83. The number of carbonyl (C=O) groups excluding carboxylic acids is 1. The van der Waals surface area contributed by atoms with Crippen molar-refractivity contribution in [3.63, 3.8) is 0 Å². The van der Waals surface area contributed by atoms with Gasteiger partial charge in [0, 0.05) is 19.3 Å². The molecule has 0 unspecified atom stereocenters. The molecule has 1 heterocycles. The van der Waals surface area contributed by atoms with Gasteiger partial charge in [-0.3, -0.25) is 9.69 Å². The van der Waals surface area contributed by atoms with Gasteiger partial charge >= 0.3 is 0 Å². The zero-order valence-electron chi connectivity index (χ0n) is 13.7. The molecule has 0 aliphatic carbocycles. The molecule has 0 radical (unpaired) electrons. The Morgan fingerprint density at radius 2 is 1.81 bits per heavy atom. The van der Waals surface area contributed by atoms with E-state index in [0.29, 0.717) is 16.3 Å². The first-order valence-corrected chi connectivity index (χ1v) is 9.81. The van der Waals surface area contributed by atoms with E-state index in [1.54, 1.807) is 35.9 Å². The third-order valence-corrected chi connectivity index (χ3v) is 5.94. The van der Waals surface area contributed by atoms with E-state index in [2.05, 4.69) is 15.9 Å². The quantitative estimate of drug-likeness (QED) is 0.447. The number of para-hydroxylation sites is 1. The van der Waals surface area contributed by atoms with Gasteiger partial charge in [-0.05, 0) is 48.5 Å². The normalized spacial score (nSPS) is 12.3. The standard InChI is InChI=1S/C20H13BrClNO2S/c1-25-17-8-6-12(21)10-14(17)20(24)23-15-4-2-3-5-18(15)26-19-9-7-13(22)11-16(19)23/h2-11H,1H3. The molecule has 0 spiro atoms. The molecule has 1 aliphatic heterocycles. The maximum Gasteiger partial charge on any atom is 0.266 e. The number of benzene rings is 3. The largest absolute Gasteiger partial charge is 0.496 e. The van der Waals surface area contributed by atoms with Crippen LogP contribution in [0.1, 0.15) is 10.4 Å². The van der Waals surface area contributed by atoms with E-state index in [1.165, 1.54) is 0 Å². The third kappa shape index (κ3) is 3.00. The molecule has 0 N–H and O–H groups in total. The Morgan fingerprint density at radius 3 is 2.62 bits per heavy atom. The van der Waals surface area contributed by atoms with Crippen LogP contribution in [0.15, 0.2) is 74.9 Å². The zero-order chi connectivity index (χ0) is 18.3. The summed E-state index contributed by atoms with van der Waals surface area (Å²) in [6.45, 7) is 0. The molecule has 0 bridgehead atoms. The Morgan fingerprint density at radius 1 is 1.04 bits per heavy atom. The Balaban J connectivity index is 1.92. The molecule has 0 saturated heterocycles. The average Bonchev–Trinajstić information content (AvgIpc) is 2.65. The Hall–Kier alpha value is -1.95. The Labute approximate surface area is 169 Å². The summed E-state index contributed by atoms with van der Waals surface area (Å²) in [6, 6.07) is 18.8. The molecule has 130 valence electrons. The van der Waals surface area contributed by atoms with Crippen LogP contribution < -0.4 is 9.64 Å². The second kappa shape index (κ2) is 6.99. The number of ether oxygens (including phenoxy) is 1. The van der Waals surface area contributed by atoms with Crippen molar-refractivity contribution in [2.75, 3.05) is 12.0 Å². The summed E-state index contributed by atoms with van der Waals surface area (Å²) in [6.07, 6.45) is 0. The second-order valence-corrected chi connectivity index (χ2v) is 8.10. The number of hydrogen-bond acceptors (Lipinski definition) is 3. The summed E-state index contributed by atoms with van der Waals surface area (Å²) >= 11 is 11.3. The summed E-state index contributed by atoms with van der Waals surface area (Å²) in [4.78, 5) is 17.2. The number of rotatable bonds is 2. The molecular weight excluding hydrogens is 434 g/mol. The maximum atomic E-state index is 13.5. The summed E-state index contributed by atoms with van der Waals surface area (Å²) in [5, 5.41) is 0.586. The lowest BCUT2D eigenvalue weighted by molar-refractivity contribution is 0.0995. The third-order valence-electron chi connectivity index (χ3n) is 4.08. The predicted octanol–water partition coefficient (Wildman–Crippen LogP) is 6.55. The first-order chi connectivity index (χ1) is 12.6. The van der Waals surface area contributed by atoms with Crippen LogP contribution in [0, 0.1) is 0 Å². The van der Waals surface area contributed by atoms with Gasteiger partial charge in [-0.1, -0.05) is 51.4 Å². The van der Waals surface area contributed by atoms with Crippen LogP contribution in [0.25, 0.3) is 0 Å². The fourth-order valence-electron chi connectivity index (χ4n) is 2.91. The molecule has 3 aromatic rings. The minimum Gasteiger partial charge on any atom is -0.496 e. The van der Waals surface area contributed by atoms with Gasteiger partial charge in [-0.2, -0.15) is 0 Å². The molecule has 0 atom stereocenters. The lowest BCUT2D eigenvalue weighted by Crippen LogP contribution is -2.28. The van der Waals surface area contributed by atoms with Gasteiger partial charge in [-0.15, -0.1) is 0 Å². The minimum absolute atomic E-state index is 0.167. The Kier molecular flexibility index (Phi) is 4.69. The monoisotopic (exact) mass is 445 g/mol. The smallest absolute Gasteiger partial charge is 0.266 e. The van der Waals surface area contributed by atoms with Crippen LogP contribution in [0.4, 0.5) is 11.4 Å². The summed E-state index contributed by atoms with van der Waals surface area (Å²) in [5.74, 6) is 0.358. The highest BCUT2D eigenvalue weighted by atomic mass is 79.9. The zero-order valence-corrected chi connectivity index (χ0v) is 16.9. The van der Waals surface area contributed by atoms with Crippen molar-refractivity contribution in [3.8, 4) is 5.75 Å². The van der Waals surface area contributed by atoms with Gasteiger partial charge in [0.1, 0.15) is 5.75 Å². The molecule has 4 rings (SSSR count). The number of halogens is 2. The van der Waals surface area contributed by atoms with E-state index in [1.807, 2.05) is 48.5 Å². The molecule has 1 aliphatic rings. The molecule has 0 fully saturated rings. The number of anilines is 2. The number of amides is 1. The number of fused-ring (bicyclic) bond motifs is 2. The minimum atomic E-state index is -0.167. The van der Waals surface area contributed by atoms with Gasteiger partial charge in [0.2, 0.25) is 0 Å². The van der Waals surface area contributed by atoms with Crippen LogP contribution in [0.5, 0.6) is 5.75 Å². The van der Waals surface area contributed by atoms with Gasteiger partial charge in [-0.25, -0.2) is 0 Å². The lowest BCUT2D eigenvalue weighted by Gasteiger charge is -2.31. The molecule has 1 amide bonds. The second-order valence-electron chi connectivity index (χ2n) is 5.67. The van der Waals surface area contributed by atoms with Gasteiger partial charge in [0.25, 0.3) is 5.91 Å². The van der Waals surface area contributed by atoms with E-state index < -0.39 is 0 Å². The van der Waals surface area contributed by atoms with Gasteiger partial charge in [0.05, 0.1) is 24.0 Å². The van der Waals surface area contributed by atoms with Crippen molar-refractivity contribution in [1.29, 1.82) is 0 Å². The molecular formula is C20H13BrClNO2S. The van der Waals surface area contributed by atoms with E-state index in [0.717, 1.165) is 25.6 Å². The van der Waals surface area contributed by atoms with Crippen molar-refractivity contribution in [2.24, 2.45) is 0 Å². The molecule has 3 nitrogen and oxygen atoms in total. The highest BCUT2D eigenvalue weighted by Gasteiger charge is 2.30. The number of carbonyl (C=O) groups is 1. The van der Waals surface area contributed by atoms with Crippen LogP contribution in [-0.2, 0) is 0 Å². The molecule has 3 aromatic carbocycles. The van der Waals surface area contributed by atoms with E-state index >= 15 is 0 Å². The van der Waals surface area contributed by atoms with Crippen LogP contribution in [0.2, 0.25) is 5.02 Å². The topological polar surface area (TPSA) is 29.5 Å². The summed E-state index contributed by atoms with van der Waals surface area (Å²) in [7, 11) is 1.56. The highest BCUT2D eigenvalue weighted by Crippen LogP contribution is 2.49. The molecule has 0 saturated carbocycles. The summed E-state index contributed by atoms with van der Waals surface area (Å²) in [5.41, 5.74) is 2.09. The van der Waals surface area contributed by atoms with Crippen molar-refractivity contribution in [3.05, 3.63) is 75.7 Å². The lowest BCUT2D eigenvalue weighted by atomic mass is 10.1. The van der Waals surface area contributed by atoms with Crippen molar-refractivity contribution < 1.29 is 9.53 Å². The van der Waals surface area contributed by atoms with Crippen LogP contribution >= 0.6 is 39.3 Å². The van der Waals surface area contributed by atoms with Crippen molar-refractivity contribution in [2.45, 2.75) is 9.79 Å². The van der Waals surface area contributed by atoms with Gasteiger partial charge in [0.15, 0.2) is 0 Å². The summed E-state index contributed by atoms with van der Waals surface area (Å²) < 4.78 is 6.22. The maximum absolute atomic E-state index is 13.5. The number of hydrogen-bond donors (Lipinski definition) is 0. The number of methoxy groups -OCH3 is 1. The SMILES string of the molecule is COc1ccc(Br)cc1C(=O)N1c2ccccc2Sc2ccc(Cl)cc21. The molecule has 6 heteroatoms. The van der Waals surface area contributed by atoms with Crippen molar-refractivity contribution >= 4 is 56.6 Å². The van der Waals surface area contributed by atoms with Gasteiger partial charge < -0.3 is 4.74 Å². The van der Waals surface area contributed by atoms with E-state index in [4.69, 9.17) is 16.3 Å². The van der Waals surface area contributed by atoms with Crippen LogP contribution in [-0.4, -0.2) is 13.0 Å². The highest BCUT2D eigenvalue weighted by molar-refractivity contribution is 9.10. The van der Waals surface area contributed by atoms with E-state index in [-0.39, 0.29) is 5.91 Å². The van der Waals surface area contributed by atoms with Crippen molar-refractivity contribution in [1.82, 2.24) is 0 Å². The fourth-order valence-corrected chi connectivity index (χ4v) is 4.48. The first kappa shape index (κ1) is 17.5. The number of nitrogens with zero attached hydrogens (tertiary/aromatic N) is 1. The van der Waals surface area contributed by atoms with Crippen LogP contribution in [0.3, 0.4) is 0 Å². The Bertz CT molecular complexity index is 1020. The average molecular weight is 447 g/mol. The predicted molar refractivity (Wildman–Crippen MR) is 109 cm³/mol. The fraction of sp³-hybridized carbons (Fsp3) is 0.0500. The molecule has 0 aromatic heterocycles. The molecule has 26 heavy (non-hydrogen) atoms. The van der Waals surface area contributed by atoms with E-state index in [9.17, 15) is 4.79 Å².